The van der Waals surface area contributed by atoms with Gasteiger partial charge in [-0.3, -0.25) is 0 Å². The molecule has 0 bridgehead atoms. The quantitative estimate of drug-likeness (QED) is 0.397. The molecule has 1 heterocycles. The molecular weight excluding hydrogens is 194 g/mol. The Bertz CT molecular complexity index is 464. The summed E-state index contributed by atoms with van der Waals surface area (Å²) in [5.41, 5.74) is 8.34. The highest BCUT2D eigenvalue weighted by Crippen LogP contribution is 2.31. The third-order valence-electron chi connectivity index (χ3n) is 2.08. The van der Waals surface area contributed by atoms with Gasteiger partial charge in [-0.1, -0.05) is 30.2 Å². The van der Waals surface area contributed by atoms with Gasteiger partial charge in [0.2, 0.25) is 0 Å². The minimum absolute atomic E-state index is 0.0719. The Morgan fingerprint density at radius 2 is 2.21 bits per heavy atom. The number of rotatable bonds is 2. The van der Waals surface area contributed by atoms with Crippen molar-refractivity contribution >= 4 is 21.4 Å². The van der Waals surface area contributed by atoms with Gasteiger partial charge in [0.05, 0.1) is 6.04 Å². The Kier molecular flexibility index (Phi) is 2.39. The smallest absolute Gasteiger partial charge is 0.0691 e. The summed E-state index contributed by atoms with van der Waals surface area (Å²) in [7, 11) is 0. The molecule has 0 radical (unpaired) electrons. The van der Waals surface area contributed by atoms with Crippen LogP contribution in [0.3, 0.4) is 0 Å². The number of benzene rings is 1. The van der Waals surface area contributed by atoms with E-state index in [9.17, 15) is 0 Å². The summed E-state index contributed by atoms with van der Waals surface area (Å²) in [5.74, 6) is 0. The SMILES string of the molecule is C[C@@H](N=[N+]=[N-])c1cc2ccccc2s1. The van der Waals surface area contributed by atoms with Crippen LogP contribution in [0.2, 0.25) is 0 Å². The zero-order chi connectivity index (χ0) is 9.97. The Morgan fingerprint density at radius 1 is 1.43 bits per heavy atom. The number of fused-ring (bicyclic) bond motifs is 1. The summed E-state index contributed by atoms with van der Waals surface area (Å²) in [4.78, 5) is 3.93. The molecule has 0 unspecified atom stereocenters. The second-order valence-electron chi connectivity index (χ2n) is 3.07. The van der Waals surface area contributed by atoms with Crippen LogP contribution in [0.1, 0.15) is 17.8 Å². The lowest BCUT2D eigenvalue weighted by molar-refractivity contribution is 0.827. The van der Waals surface area contributed by atoms with Gasteiger partial charge in [-0.2, -0.15) is 0 Å². The van der Waals surface area contributed by atoms with E-state index >= 15 is 0 Å². The van der Waals surface area contributed by atoms with Crippen LogP contribution >= 0.6 is 11.3 Å². The number of hydrogen-bond donors (Lipinski definition) is 0. The molecule has 3 nitrogen and oxygen atoms in total. The molecule has 2 rings (SSSR count). The fourth-order valence-corrected chi connectivity index (χ4v) is 2.39. The Hall–Kier alpha value is -1.51. The normalized spacial score (nSPS) is 12.4. The lowest BCUT2D eigenvalue weighted by atomic mass is 10.2. The molecule has 1 aromatic carbocycles. The third kappa shape index (κ3) is 1.58. The summed E-state index contributed by atoms with van der Waals surface area (Å²) >= 11 is 1.68. The molecule has 0 aliphatic carbocycles. The van der Waals surface area contributed by atoms with E-state index in [1.165, 1.54) is 10.1 Å². The van der Waals surface area contributed by atoms with Crippen LogP contribution < -0.4 is 0 Å². The topological polar surface area (TPSA) is 48.8 Å². The third-order valence-corrected chi connectivity index (χ3v) is 3.37. The second-order valence-corrected chi connectivity index (χ2v) is 4.18. The highest BCUT2D eigenvalue weighted by atomic mass is 32.1. The highest BCUT2D eigenvalue weighted by molar-refractivity contribution is 7.19. The molecule has 0 aliphatic heterocycles. The maximum absolute atomic E-state index is 8.34. The fraction of sp³-hybridized carbons (Fsp3) is 0.200. The second kappa shape index (κ2) is 3.70. The van der Waals surface area contributed by atoms with Crippen LogP contribution in [-0.4, -0.2) is 0 Å². The van der Waals surface area contributed by atoms with Crippen molar-refractivity contribution in [2.45, 2.75) is 13.0 Å². The number of nitrogens with zero attached hydrogens (tertiary/aromatic N) is 3. The molecule has 0 N–H and O–H groups in total. The van der Waals surface area contributed by atoms with Gasteiger partial charge < -0.3 is 0 Å². The summed E-state index contributed by atoms with van der Waals surface area (Å²) in [6.07, 6.45) is 0. The standard InChI is InChI=1S/C10H9N3S/c1-7(12-13-11)10-6-8-4-2-3-5-9(8)14-10/h2-7H,1H3/t7-/m1/s1. The molecule has 0 saturated carbocycles. The first-order chi connectivity index (χ1) is 6.81. The van der Waals surface area contributed by atoms with Gasteiger partial charge in [0.25, 0.3) is 0 Å². The van der Waals surface area contributed by atoms with Gasteiger partial charge in [0, 0.05) is 14.5 Å². The fourth-order valence-electron chi connectivity index (χ4n) is 1.34. The summed E-state index contributed by atoms with van der Waals surface area (Å²) in [6.45, 7) is 1.91. The minimum Gasteiger partial charge on any atom is -0.140 e. The molecule has 1 atom stereocenters. The average molecular weight is 203 g/mol. The number of hydrogen-bond acceptors (Lipinski definition) is 2. The lowest BCUT2D eigenvalue weighted by Crippen LogP contribution is -1.80. The van der Waals surface area contributed by atoms with Crippen molar-refractivity contribution in [3.63, 3.8) is 0 Å². The summed E-state index contributed by atoms with van der Waals surface area (Å²) < 4.78 is 1.24. The first-order valence-electron chi connectivity index (χ1n) is 4.34. The van der Waals surface area contributed by atoms with Gasteiger partial charge >= 0.3 is 0 Å². The summed E-state index contributed by atoms with van der Waals surface area (Å²) in [5, 5.41) is 4.90. The predicted octanol–water partition coefficient (Wildman–Crippen LogP) is 4.27. The minimum atomic E-state index is -0.0719. The van der Waals surface area contributed by atoms with Gasteiger partial charge in [-0.05, 0) is 23.1 Å². The zero-order valence-electron chi connectivity index (χ0n) is 7.71. The van der Waals surface area contributed by atoms with Gasteiger partial charge in [0.15, 0.2) is 0 Å². The number of thiophene rings is 1. The van der Waals surface area contributed by atoms with Crippen LogP contribution in [0.25, 0.3) is 20.5 Å². The van der Waals surface area contributed by atoms with Crippen LogP contribution in [0, 0.1) is 0 Å². The monoisotopic (exact) mass is 203 g/mol. The van der Waals surface area contributed by atoms with E-state index < -0.39 is 0 Å². The van der Waals surface area contributed by atoms with Crippen molar-refractivity contribution in [2.75, 3.05) is 0 Å². The molecule has 0 spiro atoms. The van der Waals surface area contributed by atoms with Crippen LogP contribution in [0.4, 0.5) is 0 Å². The maximum atomic E-state index is 8.34. The van der Waals surface area contributed by atoms with E-state index in [-0.39, 0.29) is 6.04 Å². The van der Waals surface area contributed by atoms with Gasteiger partial charge in [-0.15, -0.1) is 11.3 Å². The van der Waals surface area contributed by atoms with Crippen molar-refractivity contribution in [3.05, 3.63) is 45.7 Å². The number of azide groups is 1. The van der Waals surface area contributed by atoms with Crippen LogP contribution in [-0.2, 0) is 0 Å². The molecule has 0 aliphatic rings. The van der Waals surface area contributed by atoms with E-state index in [1.807, 2.05) is 19.1 Å². The molecule has 4 heteroatoms. The van der Waals surface area contributed by atoms with E-state index in [1.54, 1.807) is 11.3 Å². The highest BCUT2D eigenvalue weighted by Gasteiger charge is 2.06. The molecule has 1 aromatic heterocycles. The van der Waals surface area contributed by atoms with Crippen molar-refractivity contribution < 1.29 is 0 Å². The zero-order valence-corrected chi connectivity index (χ0v) is 8.53. The first-order valence-corrected chi connectivity index (χ1v) is 5.15. The van der Waals surface area contributed by atoms with E-state index in [2.05, 4.69) is 28.2 Å². The molecule has 0 amide bonds. The van der Waals surface area contributed by atoms with Gasteiger partial charge in [0.1, 0.15) is 0 Å². The first kappa shape index (κ1) is 9.06. The molecule has 70 valence electrons. The summed E-state index contributed by atoms with van der Waals surface area (Å²) in [6, 6.07) is 10.2. The molecule has 0 fully saturated rings. The van der Waals surface area contributed by atoms with E-state index in [0.29, 0.717) is 0 Å². The van der Waals surface area contributed by atoms with Gasteiger partial charge in [-0.25, -0.2) is 0 Å². The largest absolute Gasteiger partial charge is 0.140 e. The Labute approximate surface area is 85.6 Å². The van der Waals surface area contributed by atoms with Crippen molar-refractivity contribution in [1.82, 2.24) is 0 Å². The lowest BCUT2D eigenvalue weighted by Gasteiger charge is -1.96. The Balaban J connectivity index is 2.49. The van der Waals surface area contributed by atoms with Crippen LogP contribution in [0.15, 0.2) is 35.4 Å². The van der Waals surface area contributed by atoms with Crippen molar-refractivity contribution in [2.24, 2.45) is 5.11 Å². The predicted molar refractivity (Wildman–Crippen MR) is 59.4 cm³/mol. The van der Waals surface area contributed by atoms with E-state index in [0.717, 1.165) is 4.88 Å². The Morgan fingerprint density at radius 3 is 2.93 bits per heavy atom. The molecule has 2 aromatic rings. The average Bonchev–Trinajstić information content (AvgIpc) is 2.61. The molecular formula is C10H9N3S. The maximum Gasteiger partial charge on any atom is 0.0691 e. The van der Waals surface area contributed by atoms with Crippen molar-refractivity contribution in [1.29, 1.82) is 0 Å². The molecule has 0 saturated heterocycles. The molecule has 14 heavy (non-hydrogen) atoms. The van der Waals surface area contributed by atoms with Crippen molar-refractivity contribution in [3.8, 4) is 0 Å². The van der Waals surface area contributed by atoms with Crippen LogP contribution in [0.5, 0.6) is 0 Å². The van der Waals surface area contributed by atoms with E-state index in [4.69, 9.17) is 5.53 Å².